The van der Waals surface area contributed by atoms with Crippen molar-refractivity contribution in [2.45, 2.75) is 44.6 Å². The van der Waals surface area contributed by atoms with E-state index in [9.17, 15) is 9.59 Å². The largest absolute Gasteiger partial charge is 0.352 e. The Hall–Kier alpha value is -1.26. The molecule has 4 nitrogen and oxygen atoms in total. The van der Waals surface area contributed by atoms with Gasteiger partial charge >= 0.3 is 0 Å². The van der Waals surface area contributed by atoms with Gasteiger partial charge in [-0.05, 0) is 43.9 Å². The fourth-order valence-corrected chi connectivity index (χ4v) is 3.48. The fourth-order valence-electron chi connectivity index (χ4n) is 2.95. The summed E-state index contributed by atoms with van der Waals surface area (Å²) in [6.45, 7) is 0. The minimum Gasteiger partial charge on any atom is -0.352 e. The molecule has 0 spiro atoms. The van der Waals surface area contributed by atoms with Crippen molar-refractivity contribution in [3.05, 3.63) is 28.2 Å². The van der Waals surface area contributed by atoms with Crippen molar-refractivity contribution in [3.63, 3.8) is 0 Å². The SMILES string of the molecule is O=C(Nc1cc(Cl)cc(Cl)c1)C1(C(=O)NC2CCCC2)CC1. The van der Waals surface area contributed by atoms with Crippen LogP contribution >= 0.6 is 23.2 Å². The van der Waals surface area contributed by atoms with E-state index in [1.54, 1.807) is 18.2 Å². The molecule has 1 aromatic rings. The summed E-state index contributed by atoms with van der Waals surface area (Å²) in [4.78, 5) is 24.9. The van der Waals surface area contributed by atoms with Gasteiger partial charge in [0.15, 0.2) is 0 Å². The third kappa shape index (κ3) is 3.23. The molecule has 0 aliphatic heterocycles. The lowest BCUT2D eigenvalue weighted by atomic mass is 10.0. The summed E-state index contributed by atoms with van der Waals surface area (Å²) < 4.78 is 0. The van der Waals surface area contributed by atoms with Gasteiger partial charge in [0.1, 0.15) is 5.41 Å². The lowest BCUT2D eigenvalue weighted by Crippen LogP contribution is -2.43. The molecule has 2 fully saturated rings. The molecule has 0 atom stereocenters. The fraction of sp³-hybridized carbons (Fsp3) is 0.500. The highest BCUT2D eigenvalue weighted by Crippen LogP contribution is 2.47. The molecule has 22 heavy (non-hydrogen) atoms. The van der Waals surface area contributed by atoms with Gasteiger partial charge in [0.25, 0.3) is 0 Å². The highest BCUT2D eigenvalue weighted by Gasteiger charge is 2.56. The zero-order valence-electron chi connectivity index (χ0n) is 12.1. The van der Waals surface area contributed by atoms with Crippen LogP contribution in [-0.4, -0.2) is 17.9 Å². The van der Waals surface area contributed by atoms with Crippen molar-refractivity contribution in [3.8, 4) is 0 Å². The number of nitrogens with one attached hydrogen (secondary N) is 2. The Kier molecular flexibility index (Phi) is 4.33. The van der Waals surface area contributed by atoms with Crippen molar-refractivity contribution >= 4 is 40.7 Å². The third-order valence-electron chi connectivity index (χ3n) is 4.43. The standard InChI is InChI=1S/C16H18Cl2N2O2/c17-10-7-11(18)9-13(8-10)20-15(22)16(5-6-16)14(21)19-12-3-1-2-4-12/h7-9,12H,1-6H2,(H,19,21)(H,20,22). The van der Waals surface area contributed by atoms with Crippen LogP contribution < -0.4 is 10.6 Å². The molecule has 2 aliphatic rings. The molecule has 2 N–H and O–H groups in total. The van der Waals surface area contributed by atoms with Crippen molar-refractivity contribution in [2.24, 2.45) is 5.41 Å². The van der Waals surface area contributed by atoms with Crippen LogP contribution in [0.4, 0.5) is 5.69 Å². The predicted molar refractivity (Wildman–Crippen MR) is 87.2 cm³/mol. The van der Waals surface area contributed by atoms with E-state index in [2.05, 4.69) is 10.6 Å². The lowest BCUT2D eigenvalue weighted by molar-refractivity contribution is -0.134. The second-order valence-corrected chi connectivity index (χ2v) is 7.02. The highest BCUT2D eigenvalue weighted by atomic mass is 35.5. The van der Waals surface area contributed by atoms with Gasteiger partial charge in [0, 0.05) is 21.8 Å². The van der Waals surface area contributed by atoms with Gasteiger partial charge in [-0.2, -0.15) is 0 Å². The molecular weight excluding hydrogens is 323 g/mol. The Morgan fingerprint density at radius 2 is 1.59 bits per heavy atom. The Bertz CT molecular complexity index is 588. The molecule has 1 aromatic carbocycles. The maximum absolute atomic E-state index is 12.5. The summed E-state index contributed by atoms with van der Waals surface area (Å²) in [6, 6.07) is 5.06. The first-order valence-corrected chi connectivity index (χ1v) is 8.34. The maximum atomic E-state index is 12.5. The molecule has 0 unspecified atom stereocenters. The van der Waals surface area contributed by atoms with Gasteiger partial charge in [0.05, 0.1) is 0 Å². The number of hydrogen-bond acceptors (Lipinski definition) is 2. The van der Waals surface area contributed by atoms with Crippen molar-refractivity contribution < 1.29 is 9.59 Å². The number of anilines is 1. The number of amides is 2. The quantitative estimate of drug-likeness (QED) is 0.819. The molecule has 2 amide bonds. The molecule has 0 bridgehead atoms. The lowest BCUT2D eigenvalue weighted by Gasteiger charge is -2.19. The van der Waals surface area contributed by atoms with Crippen molar-refractivity contribution in [1.29, 1.82) is 0 Å². The smallest absolute Gasteiger partial charge is 0.240 e. The van der Waals surface area contributed by atoms with Crippen LogP contribution in [-0.2, 0) is 9.59 Å². The molecule has 2 aliphatic carbocycles. The Labute approximate surface area is 139 Å². The first-order valence-electron chi connectivity index (χ1n) is 7.58. The summed E-state index contributed by atoms with van der Waals surface area (Å²) in [6.07, 6.45) is 5.48. The van der Waals surface area contributed by atoms with Crippen LogP contribution in [0.25, 0.3) is 0 Å². The van der Waals surface area contributed by atoms with Crippen molar-refractivity contribution in [2.75, 3.05) is 5.32 Å². The summed E-state index contributed by atoms with van der Waals surface area (Å²) in [5.74, 6) is -0.425. The van der Waals surface area contributed by atoms with Crippen LogP contribution in [0, 0.1) is 5.41 Å². The van der Waals surface area contributed by atoms with E-state index >= 15 is 0 Å². The zero-order valence-corrected chi connectivity index (χ0v) is 13.6. The van der Waals surface area contributed by atoms with Gasteiger partial charge in [0.2, 0.25) is 11.8 Å². The van der Waals surface area contributed by atoms with E-state index in [-0.39, 0.29) is 17.9 Å². The Morgan fingerprint density at radius 3 is 2.14 bits per heavy atom. The van der Waals surface area contributed by atoms with E-state index in [0.717, 1.165) is 25.7 Å². The number of rotatable bonds is 4. The Balaban J connectivity index is 1.66. The molecule has 2 saturated carbocycles. The molecule has 3 rings (SSSR count). The number of benzene rings is 1. The minimum absolute atomic E-state index is 0.148. The molecule has 118 valence electrons. The Morgan fingerprint density at radius 1 is 1.00 bits per heavy atom. The minimum atomic E-state index is -0.919. The first-order chi connectivity index (χ1) is 10.5. The summed E-state index contributed by atoms with van der Waals surface area (Å²) >= 11 is 11.8. The van der Waals surface area contributed by atoms with Crippen LogP contribution in [0.3, 0.4) is 0 Å². The normalized spacial score (nSPS) is 19.7. The zero-order chi connectivity index (χ0) is 15.7. The van der Waals surface area contributed by atoms with Gasteiger partial charge in [-0.3, -0.25) is 9.59 Å². The highest BCUT2D eigenvalue weighted by molar-refractivity contribution is 6.35. The number of carbonyl (C=O) groups excluding carboxylic acids is 2. The number of carbonyl (C=O) groups is 2. The monoisotopic (exact) mass is 340 g/mol. The predicted octanol–water partition coefficient (Wildman–Crippen LogP) is 3.77. The second-order valence-electron chi connectivity index (χ2n) is 6.15. The van der Waals surface area contributed by atoms with Crippen LogP contribution in [0.5, 0.6) is 0 Å². The van der Waals surface area contributed by atoms with Gasteiger partial charge in [-0.15, -0.1) is 0 Å². The average Bonchev–Trinajstić information content (AvgIpc) is 3.11. The van der Waals surface area contributed by atoms with Crippen LogP contribution in [0.2, 0.25) is 10.0 Å². The van der Waals surface area contributed by atoms with Gasteiger partial charge in [-0.1, -0.05) is 36.0 Å². The molecule has 0 aromatic heterocycles. The topological polar surface area (TPSA) is 58.2 Å². The van der Waals surface area contributed by atoms with E-state index in [1.807, 2.05) is 0 Å². The molecular formula is C16H18Cl2N2O2. The molecule has 6 heteroatoms. The van der Waals surface area contributed by atoms with Crippen LogP contribution in [0.1, 0.15) is 38.5 Å². The van der Waals surface area contributed by atoms with E-state index in [4.69, 9.17) is 23.2 Å². The van der Waals surface area contributed by atoms with E-state index in [0.29, 0.717) is 28.6 Å². The number of halogens is 2. The molecule has 0 radical (unpaired) electrons. The number of hydrogen-bond donors (Lipinski definition) is 2. The van der Waals surface area contributed by atoms with Gasteiger partial charge < -0.3 is 10.6 Å². The van der Waals surface area contributed by atoms with Gasteiger partial charge in [-0.25, -0.2) is 0 Å². The summed E-state index contributed by atoms with van der Waals surface area (Å²) in [5, 5.41) is 6.68. The second kappa shape index (κ2) is 6.09. The first kappa shape index (κ1) is 15.6. The summed E-state index contributed by atoms with van der Waals surface area (Å²) in [5.41, 5.74) is -0.403. The van der Waals surface area contributed by atoms with Crippen LogP contribution in [0.15, 0.2) is 18.2 Å². The maximum Gasteiger partial charge on any atom is 0.240 e. The van der Waals surface area contributed by atoms with E-state index < -0.39 is 5.41 Å². The molecule has 0 saturated heterocycles. The molecule has 0 heterocycles. The van der Waals surface area contributed by atoms with Crippen molar-refractivity contribution in [1.82, 2.24) is 5.32 Å². The summed E-state index contributed by atoms with van der Waals surface area (Å²) in [7, 11) is 0. The average molecular weight is 341 g/mol. The third-order valence-corrected chi connectivity index (χ3v) is 4.87. The van der Waals surface area contributed by atoms with E-state index in [1.165, 1.54) is 0 Å².